The summed E-state index contributed by atoms with van der Waals surface area (Å²) >= 11 is 0. The Morgan fingerprint density at radius 1 is 1.00 bits per heavy atom. The first-order valence-electron chi connectivity index (χ1n) is 7.01. The van der Waals surface area contributed by atoms with Gasteiger partial charge in [-0.25, -0.2) is 0 Å². The highest BCUT2D eigenvalue weighted by Crippen LogP contribution is 2.40. The van der Waals surface area contributed by atoms with Crippen molar-refractivity contribution in [3.63, 3.8) is 0 Å². The van der Waals surface area contributed by atoms with Gasteiger partial charge >= 0.3 is 0 Å². The van der Waals surface area contributed by atoms with Crippen molar-refractivity contribution >= 4 is 0 Å². The quantitative estimate of drug-likeness (QED) is 0.507. The largest absolute Gasteiger partial charge is 0.0835 e. The normalized spacial score (nSPS) is 25.0. The van der Waals surface area contributed by atoms with Crippen molar-refractivity contribution in [3.8, 4) is 0 Å². The predicted molar refractivity (Wildman–Crippen MR) is 82.6 cm³/mol. The van der Waals surface area contributed by atoms with Crippen LogP contribution in [0.4, 0.5) is 0 Å². The maximum atomic E-state index is 2.30. The molecule has 0 aromatic heterocycles. The van der Waals surface area contributed by atoms with Gasteiger partial charge in [0.05, 0.1) is 0 Å². The van der Waals surface area contributed by atoms with Gasteiger partial charge in [0.25, 0.3) is 0 Å². The molecule has 0 spiro atoms. The van der Waals surface area contributed by atoms with E-state index in [2.05, 4.69) is 64.2 Å². The molecule has 0 N–H and O–H groups in total. The van der Waals surface area contributed by atoms with E-state index in [0.717, 1.165) is 6.42 Å². The molecule has 0 aromatic carbocycles. The summed E-state index contributed by atoms with van der Waals surface area (Å²) in [6, 6.07) is 0. The number of allylic oxidation sites excluding steroid dienone is 10. The van der Waals surface area contributed by atoms with E-state index in [1.165, 1.54) is 22.3 Å². The highest BCUT2D eigenvalue weighted by Gasteiger charge is 2.23. The van der Waals surface area contributed by atoms with Crippen LogP contribution in [0.3, 0.4) is 0 Å². The monoisotopic (exact) mass is 242 g/mol. The second kappa shape index (κ2) is 6.04. The summed E-state index contributed by atoms with van der Waals surface area (Å²) in [5.74, 6) is 0. The minimum Gasteiger partial charge on any atom is -0.0835 e. The molecular formula is C18H26. The summed E-state index contributed by atoms with van der Waals surface area (Å²) in [6.07, 6.45) is 14.7. The lowest BCUT2D eigenvalue weighted by Gasteiger charge is -2.13. The Morgan fingerprint density at radius 2 is 1.61 bits per heavy atom. The highest BCUT2D eigenvalue weighted by atomic mass is 14.3. The Balaban J connectivity index is 0.000000771. The first-order chi connectivity index (χ1) is 8.57. The minimum absolute atomic E-state index is 0.180. The van der Waals surface area contributed by atoms with E-state index in [9.17, 15) is 0 Å². The van der Waals surface area contributed by atoms with Crippen LogP contribution in [0.15, 0.2) is 58.7 Å². The molecule has 0 amide bonds. The Morgan fingerprint density at radius 3 is 2.17 bits per heavy atom. The molecule has 0 heterocycles. The first kappa shape index (κ1) is 14.8. The van der Waals surface area contributed by atoms with Gasteiger partial charge in [-0.1, -0.05) is 64.2 Å². The van der Waals surface area contributed by atoms with Crippen LogP contribution in [0, 0.1) is 5.41 Å². The topological polar surface area (TPSA) is 0 Å². The summed E-state index contributed by atoms with van der Waals surface area (Å²) in [6.45, 7) is 12.7. The molecule has 2 aliphatic rings. The molecule has 0 heteroatoms. The molecule has 98 valence electrons. The highest BCUT2D eigenvalue weighted by molar-refractivity contribution is 5.64. The summed E-state index contributed by atoms with van der Waals surface area (Å²) in [7, 11) is 0. The zero-order valence-electron chi connectivity index (χ0n) is 12.7. The van der Waals surface area contributed by atoms with Gasteiger partial charge < -0.3 is 0 Å². The van der Waals surface area contributed by atoms with E-state index in [1.807, 2.05) is 13.8 Å². The molecule has 2 rings (SSSR count). The Labute approximate surface area is 112 Å². The standard InChI is InChI=1S/C16H20.C2H6/c1-5-12-11-13-7-9-16(3,4)10-8-15(13)14(12)6-2;1-2/h5-10H,11H2,1-4H3;1-2H3/b12-5-,14-6+;. The molecule has 0 nitrogen and oxygen atoms in total. The van der Waals surface area contributed by atoms with Crippen LogP contribution in [0.25, 0.3) is 0 Å². The Hall–Kier alpha value is -1.30. The van der Waals surface area contributed by atoms with Crippen molar-refractivity contribution in [1.82, 2.24) is 0 Å². The molecule has 0 atom stereocenters. The third kappa shape index (κ3) is 2.93. The Kier molecular flexibility index (Phi) is 4.95. The molecule has 0 aromatic rings. The number of hydrogen-bond donors (Lipinski definition) is 0. The van der Waals surface area contributed by atoms with Crippen molar-refractivity contribution in [2.45, 2.75) is 48.0 Å². The van der Waals surface area contributed by atoms with Gasteiger partial charge in [0, 0.05) is 5.41 Å². The fourth-order valence-electron chi connectivity index (χ4n) is 2.35. The van der Waals surface area contributed by atoms with E-state index in [-0.39, 0.29) is 5.41 Å². The van der Waals surface area contributed by atoms with Crippen molar-refractivity contribution in [1.29, 1.82) is 0 Å². The van der Waals surface area contributed by atoms with Crippen LogP contribution in [0.1, 0.15) is 48.0 Å². The first-order valence-corrected chi connectivity index (χ1v) is 7.01. The molecule has 0 aliphatic heterocycles. The van der Waals surface area contributed by atoms with Crippen molar-refractivity contribution in [3.05, 3.63) is 58.7 Å². The van der Waals surface area contributed by atoms with Gasteiger partial charge in [0.15, 0.2) is 0 Å². The molecule has 0 saturated carbocycles. The summed E-state index contributed by atoms with van der Waals surface area (Å²) in [4.78, 5) is 0. The summed E-state index contributed by atoms with van der Waals surface area (Å²) < 4.78 is 0. The number of rotatable bonds is 0. The van der Waals surface area contributed by atoms with Crippen molar-refractivity contribution in [2.75, 3.05) is 0 Å². The van der Waals surface area contributed by atoms with Crippen molar-refractivity contribution in [2.24, 2.45) is 5.41 Å². The van der Waals surface area contributed by atoms with Crippen LogP contribution >= 0.6 is 0 Å². The molecule has 0 radical (unpaired) electrons. The van der Waals surface area contributed by atoms with Crippen LogP contribution in [-0.4, -0.2) is 0 Å². The molecule has 18 heavy (non-hydrogen) atoms. The van der Waals surface area contributed by atoms with E-state index in [4.69, 9.17) is 0 Å². The molecule has 0 saturated heterocycles. The second-order valence-corrected chi connectivity index (χ2v) is 5.12. The van der Waals surface area contributed by atoms with Gasteiger partial charge in [0.1, 0.15) is 0 Å². The lowest BCUT2D eigenvalue weighted by Crippen LogP contribution is -2.01. The van der Waals surface area contributed by atoms with Crippen LogP contribution < -0.4 is 0 Å². The zero-order chi connectivity index (χ0) is 13.8. The fourth-order valence-corrected chi connectivity index (χ4v) is 2.35. The average molecular weight is 242 g/mol. The third-order valence-electron chi connectivity index (χ3n) is 3.39. The van der Waals surface area contributed by atoms with E-state index >= 15 is 0 Å². The predicted octanol–water partition coefficient (Wildman–Crippen LogP) is 5.76. The molecule has 0 fully saturated rings. The van der Waals surface area contributed by atoms with Gasteiger partial charge in [-0.05, 0) is 42.6 Å². The maximum absolute atomic E-state index is 2.30. The third-order valence-corrected chi connectivity index (χ3v) is 3.39. The van der Waals surface area contributed by atoms with Crippen LogP contribution in [0.2, 0.25) is 0 Å². The smallest absolute Gasteiger partial charge is 0.00110 e. The minimum atomic E-state index is 0.180. The van der Waals surface area contributed by atoms with Gasteiger partial charge in [-0.3, -0.25) is 0 Å². The summed E-state index contributed by atoms with van der Waals surface area (Å²) in [5.41, 5.74) is 5.93. The average Bonchev–Trinajstić information content (AvgIpc) is 2.66. The molecule has 2 aliphatic carbocycles. The number of hydrogen-bond acceptors (Lipinski definition) is 0. The molecule has 0 bridgehead atoms. The van der Waals surface area contributed by atoms with Crippen LogP contribution in [-0.2, 0) is 0 Å². The fraction of sp³-hybridized carbons (Fsp3) is 0.444. The molecular weight excluding hydrogens is 216 g/mol. The van der Waals surface area contributed by atoms with Gasteiger partial charge in [0.2, 0.25) is 0 Å². The summed E-state index contributed by atoms with van der Waals surface area (Å²) in [5, 5.41) is 0. The maximum Gasteiger partial charge on any atom is 0.00110 e. The van der Waals surface area contributed by atoms with E-state index in [1.54, 1.807) is 0 Å². The lowest BCUT2D eigenvalue weighted by molar-refractivity contribution is 0.626. The lowest BCUT2D eigenvalue weighted by atomic mass is 9.92. The SMILES string of the molecule is C/C=C1/CC2=C(C=CC(C)(C)C=C2)/C1=C/C.CC. The van der Waals surface area contributed by atoms with Crippen LogP contribution in [0.5, 0.6) is 0 Å². The second-order valence-electron chi connectivity index (χ2n) is 5.12. The van der Waals surface area contributed by atoms with Crippen molar-refractivity contribution < 1.29 is 0 Å². The van der Waals surface area contributed by atoms with Gasteiger partial charge in [-0.2, -0.15) is 0 Å². The molecule has 0 unspecified atom stereocenters. The Bertz CT molecular complexity index is 448. The van der Waals surface area contributed by atoms with E-state index in [0.29, 0.717) is 0 Å². The zero-order valence-corrected chi connectivity index (χ0v) is 12.7. The van der Waals surface area contributed by atoms with Gasteiger partial charge in [-0.15, -0.1) is 0 Å². The van der Waals surface area contributed by atoms with E-state index < -0.39 is 0 Å².